The van der Waals surface area contributed by atoms with E-state index in [2.05, 4.69) is 21.0 Å². The van der Waals surface area contributed by atoms with Crippen molar-refractivity contribution < 1.29 is 4.79 Å². The molecule has 0 aliphatic heterocycles. The molecule has 126 valence electrons. The highest BCUT2D eigenvalue weighted by molar-refractivity contribution is 8.00. The summed E-state index contributed by atoms with van der Waals surface area (Å²) in [5.41, 5.74) is 2.19. The summed E-state index contributed by atoms with van der Waals surface area (Å²) in [5, 5.41) is 13.8. The molecule has 3 aromatic heterocycles. The zero-order chi connectivity index (χ0) is 17.4. The Morgan fingerprint density at radius 3 is 3.08 bits per heavy atom. The Kier molecular flexibility index (Phi) is 4.54. The first-order valence-corrected chi connectivity index (χ1v) is 10.6. The minimum Gasteiger partial charge on any atom is -0.297 e. The van der Waals surface area contributed by atoms with Gasteiger partial charge in [0, 0.05) is 21.3 Å². The van der Waals surface area contributed by atoms with E-state index in [1.165, 1.54) is 40.0 Å². The quantitative estimate of drug-likeness (QED) is 0.488. The smallest absolute Gasteiger partial charge is 0.167 e. The molecule has 0 radical (unpaired) electrons. The van der Waals surface area contributed by atoms with Gasteiger partial charge in [-0.3, -0.25) is 4.79 Å². The fraction of sp³-hybridized carbons (Fsp3) is 0.353. The Hall–Kier alpha value is -1.82. The summed E-state index contributed by atoms with van der Waals surface area (Å²) in [5.74, 6) is -0.703. The van der Waals surface area contributed by atoms with E-state index >= 15 is 0 Å². The first-order chi connectivity index (χ1) is 12.2. The number of thiazole rings is 1. The first-order valence-electron chi connectivity index (χ1n) is 7.89. The molecule has 3 aromatic rings. The van der Waals surface area contributed by atoms with E-state index in [1.807, 2.05) is 12.3 Å². The third-order valence-electron chi connectivity index (χ3n) is 4.15. The van der Waals surface area contributed by atoms with Crippen molar-refractivity contribution in [1.29, 1.82) is 5.26 Å². The fourth-order valence-electron chi connectivity index (χ4n) is 3.00. The van der Waals surface area contributed by atoms with Crippen LogP contribution in [0, 0.1) is 18.3 Å². The number of nitrogens with zero attached hydrogens (tertiary/aromatic N) is 4. The van der Waals surface area contributed by atoms with E-state index in [1.54, 1.807) is 17.7 Å². The van der Waals surface area contributed by atoms with Crippen LogP contribution in [0.5, 0.6) is 0 Å². The molecule has 1 aliphatic carbocycles. The molecule has 0 saturated carbocycles. The van der Waals surface area contributed by atoms with Gasteiger partial charge in [0.25, 0.3) is 0 Å². The van der Waals surface area contributed by atoms with E-state index in [9.17, 15) is 10.1 Å². The van der Waals surface area contributed by atoms with Crippen LogP contribution in [0.3, 0.4) is 0 Å². The Bertz CT molecular complexity index is 1000. The lowest BCUT2D eigenvalue weighted by atomic mass is 10.1. The van der Waals surface area contributed by atoms with Gasteiger partial charge in [-0.15, -0.1) is 22.7 Å². The third-order valence-corrected chi connectivity index (χ3v) is 7.39. The Balaban J connectivity index is 1.56. The maximum Gasteiger partial charge on any atom is 0.167 e. The monoisotopic (exact) mass is 386 g/mol. The number of aromatic nitrogens is 3. The SMILES string of the molecule is Cc1csc([C@H](C#N)C(=O)CSc2ncnc3sc4c(c23)CCC4)n1. The number of rotatable bonds is 5. The van der Waals surface area contributed by atoms with Gasteiger partial charge in [0.2, 0.25) is 0 Å². The van der Waals surface area contributed by atoms with Crippen molar-refractivity contribution in [2.75, 3.05) is 5.75 Å². The molecule has 1 atom stereocenters. The third kappa shape index (κ3) is 3.08. The summed E-state index contributed by atoms with van der Waals surface area (Å²) < 4.78 is 0. The van der Waals surface area contributed by atoms with E-state index in [0.717, 1.165) is 33.8 Å². The van der Waals surface area contributed by atoms with Gasteiger partial charge < -0.3 is 0 Å². The van der Waals surface area contributed by atoms with E-state index in [4.69, 9.17) is 0 Å². The average molecular weight is 387 g/mol. The van der Waals surface area contributed by atoms with Crippen molar-refractivity contribution >= 4 is 50.4 Å². The maximum atomic E-state index is 12.5. The van der Waals surface area contributed by atoms with Crippen LogP contribution in [-0.2, 0) is 17.6 Å². The molecule has 0 aromatic carbocycles. The van der Waals surface area contributed by atoms with Gasteiger partial charge in [-0.2, -0.15) is 5.26 Å². The molecule has 0 saturated heterocycles. The van der Waals surface area contributed by atoms with Crippen molar-refractivity contribution in [3.05, 3.63) is 32.8 Å². The highest BCUT2D eigenvalue weighted by Gasteiger charge is 2.25. The summed E-state index contributed by atoms with van der Waals surface area (Å²) in [6.45, 7) is 1.86. The van der Waals surface area contributed by atoms with Crippen LogP contribution in [0.15, 0.2) is 16.7 Å². The number of hydrogen-bond donors (Lipinski definition) is 0. The normalized spacial score (nSPS) is 14.4. The number of aryl methyl sites for hydroxylation is 3. The molecule has 5 nitrogen and oxygen atoms in total. The van der Waals surface area contributed by atoms with Gasteiger partial charge in [0.15, 0.2) is 11.7 Å². The zero-order valence-electron chi connectivity index (χ0n) is 13.5. The second-order valence-corrected chi connectivity index (χ2v) is 8.80. The molecule has 0 fully saturated rings. The average Bonchev–Trinajstić information content (AvgIpc) is 3.29. The summed E-state index contributed by atoms with van der Waals surface area (Å²) in [7, 11) is 0. The highest BCUT2D eigenvalue weighted by Crippen LogP contribution is 2.40. The van der Waals surface area contributed by atoms with Gasteiger partial charge in [-0.05, 0) is 31.7 Å². The molecule has 4 rings (SSSR count). The number of carbonyl (C=O) groups is 1. The molecule has 1 aliphatic rings. The van der Waals surface area contributed by atoms with Crippen LogP contribution in [0.1, 0.15) is 33.5 Å². The lowest BCUT2D eigenvalue weighted by Gasteiger charge is -2.06. The molecule has 0 unspecified atom stereocenters. The molecule has 3 heterocycles. The van der Waals surface area contributed by atoms with Crippen LogP contribution < -0.4 is 0 Å². The van der Waals surface area contributed by atoms with Crippen LogP contribution in [-0.4, -0.2) is 26.5 Å². The Morgan fingerprint density at radius 1 is 1.44 bits per heavy atom. The topological polar surface area (TPSA) is 79.5 Å². The van der Waals surface area contributed by atoms with Crippen molar-refractivity contribution in [2.24, 2.45) is 0 Å². The van der Waals surface area contributed by atoms with E-state index in [-0.39, 0.29) is 11.5 Å². The standard InChI is InChI=1S/C17H14N4OS3/c1-9-6-23-15(21-9)11(5-18)12(22)7-24-16-14-10-3-2-4-13(10)25-17(14)20-8-19-16/h6,8,11H,2-4,7H2,1H3/t11-/m1/s1. The van der Waals surface area contributed by atoms with Crippen molar-refractivity contribution in [2.45, 2.75) is 37.1 Å². The van der Waals surface area contributed by atoms with Crippen LogP contribution in [0.25, 0.3) is 10.2 Å². The predicted molar refractivity (Wildman–Crippen MR) is 100 cm³/mol. The van der Waals surface area contributed by atoms with Gasteiger partial charge in [-0.25, -0.2) is 15.0 Å². The molecule has 0 N–H and O–H groups in total. The summed E-state index contributed by atoms with van der Waals surface area (Å²) in [6.07, 6.45) is 4.91. The number of hydrogen-bond acceptors (Lipinski definition) is 8. The van der Waals surface area contributed by atoms with Gasteiger partial charge in [-0.1, -0.05) is 11.8 Å². The number of Topliss-reactive ketones (excluding diaryl/α,β-unsaturated/α-hetero) is 1. The van der Waals surface area contributed by atoms with Crippen LogP contribution >= 0.6 is 34.4 Å². The second kappa shape index (κ2) is 6.83. The largest absolute Gasteiger partial charge is 0.297 e. The highest BCUT2D eigenvalue weighted by atomic mass is 32.2. The van der Waals surface area contributed by atoms with Crippen LogP contribution in [0.4, 0.5) is 0 Å². The summed E-state index contributed by atoms with van der Waals surface area (Å²) in [4.78, 5) is 28.0. The van der Waals surface area contributed by atoms with Crippen molar-refractivity contribution in [1.82, 2.24) is 15.0 Å². The molecule has 0 bridgehead atoms. The number of fused-ring (bicyclic) bond motifs is 3. The van der Waals surface area contributed by atoms with Gasteiger partial charge in [0.05, 0.1) is 11.8 Å². The zero-order valence-corrected chi connectivity index (χ0v) is 15.9. The molecular formula is C17H14N4OS3. The number of thioether (sulfide) groups is 1. The predicted octanol–water partition coefficient (Wildman–Crippen LogP) is 3.91. The molecular weight excluding hydrogens is 372 g/mol. The lowest BCUT2D eigenvalue weighted by Crippen LogP contribution is -2.13. The first kappa shape index (κ1) is 16.6. The minimum atomic E-state index is -0.795. The van der Waals surface area contributed by atoms with Gasteiger partial charge in [0.1, 0.15) is 21.2 Å². The summed E-state index contributed by atoms with van der Waals surface area (Å²) in [6, 6.07) is 2.10. The van der Waals surface area contributed by atoms with E-state index < -0.39 is 5.92 Å². The van der Waals surface area contributed by atoms with E-state index in [0.29, 0.717) is 5.01 Å². The molecule has 8 heteroatoms. The van der Waals surface area contributed by atoms with Crippen molar-refractivity contribution in [3.63, 3.8) is 0 Å². The lowest BCUT2D eigenvalue weighted by molar-refractivity contribution is -0.116. The van der Waals surface area contributed by atoms with Crippen LogP contribution in [0.2, 0.25) is 0 Å². The second-order valence-electron chi connectivity index (χ2n) is 5.86. The minimum absolute atomic E-state index is 0.125. The maximum absolute atomic E-state index is 12.5. The number of thiophene rings is 1. The Morgan fingerprint density at radius 2 is 2.32 bits per heavy atom. The molecule has 25 heavy (non-hydrogen) atoms. The fourth-order valence-corrected chi connectivity index (χ4v) is 6.09. The number of ketones is 1. The number of nitriles is 1. The number of carbonyl (C=O) groups excluding carboxylic acids is 1. The molecule has 0 amide bonds. The van der Waals surface area contributed by atoms with Gasteiger partial charge >= 0.3 is 0 Å². The molecule has 0 spiro atoms. The summed E-state index contributed by atoms with van der Waals surface area (Å²) >= 11 is 4.51. The Labute approximate surface area is 157 Å². The van der Waals surface area contributed by atoms with Crippen molar-refractivity contribution in [3.8, 4) is 6.07 Å².